The molecule has 1 aromatic rings. The number of hydrogen-bond donors (Lipinski definition) is 3. The van der Waals surface area contributed by atoms with E-state index in [1.165, 1.54) is 18.6 Å². The molecule has 0 aromatic heterocycles. The lowest BCUT2D eigenvalue weighted by Crippen LogP contribution is -2.45. The second-order valence-electron chi connectivity index (χ2n) is 8.99. The third-order valence-corrected chi connectivity index (χ3v) is 5.90. The van der Waals surface area contributed by atoms with Crippen LogP contribution < -0.4 is 0 Å². The summed E-state index contributed by atoms with van der Waals surface area (Å²) in [5.41, 5.74) is 0.904. The van der Waals surface area contributed by atoms with E-state index in [4.69, 9.17) is 4.74 Å². The molecular weight excluding hydrogens is 352 g/mol. The van der Waals surface area contributed by atoms with Gasteiger partial charge in [0.15, 0.2) is 0 Å². The van der Waals surface area contributed by atoms with Gasteiger partial charge in [0.25, 0.3) is 0 Å². The van der Waals surface area contributed by atoms with Gasteiger partial charge in [0.05, 0.1) is 22.9 Å². The number of aliphatic hydroxyl groups is 3. The standard InChI is InChI=1S/C24H32O4/c1-17-5-7-18(8-6-17)9-11-22(2)13-14-23(3,28-22)12-10-19-15-21(26)24(4,27)16-20(19)25/h5-12,15,20-21,25-27H,13-14,16H2,1-4H3/b11-9+,12-10+/t20-,21-,22-,23+,24+/m0/s1. The molecule has 0 radical (unpaired) electrons. The molecule has 1 fully saturated rings. The largest absolute Gasteiger partial charge is 0.388 e. The minimum Gasteiger partial charge on any atom is -0.388 e. The Morgan fingerprint density at radius 3 is 2.14 bits per heavy atom. The summed E-state index contributed by atoms with van der Waals surface area (Å²) in [6, 6.07) is 8.39. The molecule has 1 aromatic carbocycles. The van der Waals surface area contributed by atoms with Gasteiger partial charge in [-0.25, -0.2) is 0 Å². The molecule has 3 N–H and O–H groups in total. The lowest BCUT2D eigenvalue weighted by molar-refractivity contribution is -0.0707. The highest BCUT2D eigenvalue weighted by Gasteiger charge is 2.41. The van der Waals surface area contributed by atoms with Crippen LogP contribution >= 0.6 is 0 Å². The Balaban J connectivity index is 1.69. The molecule has 1 heterocycles. The fourth-order valence-electron chi connectivity index (χ4n) is 3.86. The summed E-state index contributed by atoms with van der Waals surface area (Å²) < 4.78 is 6.38. The molecule has 1 saturated heterocycles. The van der Waals surface area contributed by atoms with Crippen LogP contribution in [0.5, 0.6) is 0 Å². The van der Waals surface area contributed by atoms with Crippen molar-refractivity contribution in [3.8, 4) is 0 Å². The van der Waals surface area contributed by atoms with E-state index in [0.29, 0.717) is 5.57 Å². The van der Waals surface area contributed by atoms with Crippen molar-refractivity contribution >= 4 is 6.08 Å². The first kappa shape index (κ1) is 21.0. The minimum atomic E-state index is -1.30. The predicted molar refractivity (Wildman–Crippen MR) is 112 cm³/mol. The SMILES string of the molecule is Cc1ccc(/C=C/[C@@]2(C)CC[C@@](C)(/C=C/C3=C[C@H](O)[C@](C)(O)C[C@@H]3O)O2)cc1. The topological polar surface area (TPSA) is 69.9 Å². The molecule has 0 unspecified atom stereocenters. The Hall–Kier alpha value is -1.72. The molecular formula is C24H32O4. The molecule has 152 valence electrons. The Morgan fingerprint density at radius 1 is 0.964 bits per heavy atom. The van der Waals surface area contributed by atoms with Crippen molar-refractivity contribution < 1.29 is 20.1 Å². The van der Waals surface area contributed by atoms with Gasteiger partial charge in [-0.3, -0.25) is 0 Å². The van der Waals surface area contributed by atoms with Gasteiger partial charge in [-0.05, 0) is 57.7 Å². The van der Waals surface area contributed by atoms with Gasteiger partial charge in [-0.15, -0.1) is 0 Å². The van der Waals surface area contributed by atoms with Crippen molar-refractivity contribution in [1.82, 2.24) is 0 Å². The van der Waals surface area contributed by atoms with Gasteiger partial charge >= 0.3 is 0 Å². The van der Waals surface area contributed by atoms with Crippen molar-refractivity contribution in [2.24, 2.45) is 0 Å². The average Bonchev–Trinajstić information content (AvgIpc) is 2.92. The van der Waals surface area contributed by atoms with Crippen LogP contribution in [0.4, 0.5) is 0 Å². The minimum absolute atomic E-state index is 0.110. The first-order chi connectivity index (χ1) is 13.0. The Morgan fingerprint density at radius 2 is 1.54 bits per heavy atom. The average molecular weight is 385 g/mol. The number of benzene rings is 1. The Kier molecular flexibility index (Phi) is 5.70. The zero-order valence-corrected chi connectivity index (χ0v) is 17.2. The number of aliphatic hydroxyl groups excluding tert-OH is 2. The molecule has 2 aliphatic rings. The molecule has 0 bridgehead atoms. The monoisotopic (exact) mass is 384 g/mol. The number of aryl methyl sites for hydroxylation is 1. The molecule has 3 rings (SSSR count). The van der Waals surface area contributed by atoms with Gasteiger partial charge in [0.1, 0.15) is 6.10 Å². The summed E-state index contributed by atoms with van der Waals surface area (Å²) in [4.78, 5) is 0. The van der Waals surface area contributed by atoms with Crippen LogP contribution in [0, 0.1) is 6.92 Å². The fraction of sp³-hybridized carbons (Fsp3) is 0.500. The molecule has 0 amide bonds. The van der Waals surface area contributed by atoms with Gasteiger partial charge in [-0.1, -0.05) is 54.1 Å². The molecule has 1 aliphatic carbocycles. The summed E-state index contributed by atoms with van der Waals surface area (Å²) in [6.07, 6.45) is 9.60. The van der Waals surface area contributed by atoms with Crippen LogP contribution in [0.15, 0.2) is 54.1 Å². The zero-order chi connectivity index (χ0) is 20.6. The predicted octanol–water partition coefficient (Wildman–Crippen LogP) is 3.70. The summed E-state index contributed by atoms with van der Waals surface area (Å²) in [7, 11) is 0. The normalized spacial score (nSPS) is 39.0. The fourth-order valence-corrected chi connectivity index (χ4v) is 3.86. The van der Waals surface area contributed by atoms with Gasteiger partial charge in [0, 0.05) is 6.42 Å². The maximum absolute atomic E-state index is 10.3. The van der Waals surface area contributed by atoms with Gasteiger partial charge < -0.3 is 20.1 Å². The van der Waals surface area contributed by atoms with Crippen molar-refractivity contribution in [2.75, 3.05) is 0 Å². The third-order valence-electron chi connectivity index (χ3n) is 5.90. The Bertz CT molecular complexity index is 789. The second kappa shape index (κ2) is 7.60. The van der Waals surface area contributed by atoms with E-state index < -0.39 is 23.4 Å². The van der Waals surface area contributed by atoms with Crippen LogP contribution in [0.3, 0.4) is 0 Å². The van der Waals surface area contributed by atoms with Crippen molar-refractivity contribution in [1.29, 1.82) is 0 Å². The highest BCUT2D eigenvalue weighted by atomic mass is 16.5. The van der Waals surface area contributed by atoms with Gasteiger partial charge in [-0.2, -0.15) is 0 Å². The number of rotatable bonds is 4. The molecule has 4 nitrogen and oxygen atoms in total. The summed E-state index contributed by atoms with van der Waals surface area (Å²) in [5, 5.41) is 30.4. The van der Waals surface area contributed by atoms with Crippen LogP contribution in [-0.2, 0) is 4.74 Å². The van der Waals surface area contributed by atoms with Crippen LogP contribution in [0.2, 0.25) is 0 Å². The zero-order valence-electron chi connectivity index (χ0n) is 17.2. The molecule has 28 heavy (non-hydrogen) atoms. The molecule has 0 spiro atoms. The van der Waals surface area contributed by atoms with Crippen molar-refractivity contribution in [2.45, 2.75) is 76.0 Å². The third kappa shape index (κ3) is 4.81. The summed E-state index contributed by atoms with van der Waals surface area (Å²) >= 11 is 0. The Labute approximate surface area is 167 Å². The lowest BCUT2D eigenvalue weighted by atomic mass is 9.82. The van der Waals surface area contributed by atoms with E-state index in [-0.39, 0.29) is 12.0 Å². The van der Waals surface area contributed by atoms with E-state index in [1.807, 2.05) is 19.1 Å². The van der Waals surface area contributed by atoms with Crippen LogP contribution in [0.25, 0.3) is 6.08 Å². The highest BCUT2D eigenvalue weighted by Crippen LogP contribution is 2.40. The van der Waals surface area contributed by atoms with E-state index in [2.05, 4.69) is 50.3 Å². The highest BCUT2D eigenvalue weighted by molar-refractivity contribution is 5.51. The first-order valence-electron chi connectivity index (χ1n) is 9.96. The lowest BCUT2D eigenvalue weighted by Gasteiger charge is -2.35. The van der Waals surface area contributed by atoms with E-state index in [0.717, 1.165) is 18.4 Å². The quantitative estimate of drug-likeness (QED) is 0.740. The summed E-state index contributed by atoms with van der Waals surface area (Å²) in [6.45, 7) is 7.74. The van der Waals surface area contributed by atoms with Crippen molar-refractivity contribution in [3.63, 3.8) is 0 Å². The van der Waals surface area contributed by atoms with E-state index in [1.54, 1.807) is 0 Å². The maximum atomic E-state index is 10.3. The molecule has 5 atom stereocenters. The van der Waals surface area contributed by atoms with E-state index >= 15 is 0 Å². The summed E-state index contributed by atoms with van der Waals surface area (Å²) in [5.74, 6) is 0. The molecule has 4 heteroatoms. The number of hydrogen-bond acceptors (Lipinski definition) is 4. The number of ether oxygens (including phenoxy) is 1. The van der Waals surface area contributed by atoms with Crippen molar-refractivity contribution in [3.05, 3.63) is 65.3 Å². The van der Waals surface area contributed by atoms with Gasteiger partial charge in [0.2, 0.25) is 0 Å². The first-order valence-corrected chi connectivity index (χ1v) is 9.96. The second-order valence-corrected chi connectivity index (χ2v) is 8.99. The van der Waals surface area contributed by atoms with E-state index in [9.17, 15) is 15.3 Å². The van der Waals surface area contributed by atoms with Crippen LogP contribution in [-0.4, -0.2) is 44.3 Å². The van der Waals surface area contributed by atoms with Crippen LogP contribution in [0.1, 0.15) is 51.2 Å². The molecule has 1 aliphatic heterocycles. The maximum Gasteiger partial charge on any atom is 0.101 e. The molecule has 0 saturated carbocycles. The smallest absolute Gasteiger partial charge is 0.101 e.